The Labute approximate surface area is 115 Å². The molecule has 0 saturated heterocycles. The minimum absolute atomic E-state index is 0.546. The van der Waals surface area contributed by atoms with Crippen molar-refractivity contribution in [2.75, 3.05) is 5.32 Å². The number of halogens is 1. The van der Waals surface area contributed by atoms with Crippen LogP contribution < -0.4 is 5.32 Å². The van der Waals surface area contributed by atoms with Crippen molar-refractivity contribution in [2.24, 2.45) is 0 Å². The fraction of sp³-hybridized carbons (Fsp3) is 0.231. The highest BCUT2D eigenvalue weighted by atomic mass is 35.5. The first kappa shape index (κ1) is 12.9. The molecule has 1 aromatic carbocycles. The Morgan fingerprint density at radius 3 is 2.78 bits per heavy atom. The third-order valence-corrected chi connectivity index (χ3v) is 3.79. The summed E-state index contributed by atoms with van der Waals surface area (Å²) in [5.74, 6) is 0. The van der Waals surface area contributed by atoms with E-state index in [9.17, 15) is 0 Å². The lowest BCUT2D eigenvalue weighted by Gasteiger charge is -2.10. The van der Waals surface area contributed by atoms with Crippen molar-refractivity contribution < 1.29 is 0 Å². The Morgan fingerprint density at radius 1 is 1.39 bits per heavy atom. The number of nitrogens with one attached hydrogen (secondary N) is 1. The molecule has 18 heavy (non-hydrogen) atoms. The first-order valence-corrected chi connectivity index (χ1v) is 6.65. The molecule has 2 aromatic rings. The number of aryl methyl sites for hydroxylation is 2. The smallest absolute Gasteiger partial charge is 0.183 e. The van der Waals surface area contributed by atoms with Crippen LogP contribution in [0.5, 0.6) is 0 Å². The second-order valence-corrected chi connectivity index (χ2v) is 5.72. The Morgan fingerprint density at radius 2 is 2.17 bits per heavy atom. The Bertz CT molecular complexity index is 613. The largest absolute Gasteiger partial charge is 0.380 e. The van der Waals surface area contributed by atoms with Crippen LogP contribution in [0.4, 0.5) is 5.69 Å². The molecular weight excluding hydrogens is 266 g/mol. The Hall–Kier alpha value is -1.57. The molecular formula is C13H12ClN3S. The van der Waals surface area contributed by atoms with Gasteiger partial charge in [0.2, 0.25) is 0 Å². The minimum Gasteiger partial charge on any atom is -0.380 e. The van der Waals surface area contributed by atoms with E-state index in [2.05, 4.69) is 16.4 Å². The summed E-state index contributed by atoms with van der Waals surface area (Å²) < 4.78 is 0.546. The standard InChI is InChI=1S/C13H12ClN3S/c1-8-3-9(2)12(4-10(8)5-15)16-6-11-7-17-13(14)18-11/h3-4,7,16H,6H2,1-2H3. The number of nitrogens with zero attached hydrogens (tertiary/aromatic N) is 2. The normalized spacial score (nSPS) is 10.1. The van der Waals surface area contributed by atoms with Crippen molar-refractivity contribution in [1.29, 1.82) is 5.26 Å². The van der Waals surface area contributed by atoms with Crippen LogP contribution in [0.1, 0.15) is 21.6 Å². The number of anilines is 1. The third-order valence-electron chi connectivity index (χ3n) is 2.67. The van der Waals surface area contributed by atoms with Crippen LogP contribution >= 0.6 is 22.9 Å². The molecule has 0 unspecified atom stereocenters. The SMILES string of the molecule is Cc1cc(C)c(NCc2cnc(Cl)s2)cc1C#N. The summed E-state index contributed by atoms with van der Waals surface area (Å²) in [5, 5.41) is 12.3. The summed E-state index contributed by atoms with van der Waals surface area (Å²) in [6.07, 6.45) is 1.76. The van der Waals surface area contributed by atoms with Crippen LogP contribution in [0, 0.1) is 25.2 Å². The summed E-state index contributed by atoms with van der Waals surface area (Å²) in [6, 6.07) is 6.09. The van der Waals surface area contributed by atoms with Gasteiger partial charge in [0, 0.05) is 16.8 Å². The maximum absolute atomic E-state index is 9.02. The third kappa shape index (κ3) is 2.81. The fourth-order valence-corrected chi connectivity index (χ4v) is 2.63. The van der Waals surface area contributed by atoms with Gasteiger partial charge in [0.05, 0.1) is 18.2 Å². The maximum atomic E-state index is 9.02. The van der Waals surface area contributed by atoms with Gasteiger partial charge in [0.1, 0.15) is 0 Å². The molecule has 0 amide bonds. The molecule has 1 heterocycles. The first-order valence-electron chi connectivity index (χ1n) is 5.45. The second-order valence-electron chi connectivity index (χ2n) is 4.03. The van der Waals surface area contributed by atoms with E-state index in [4.69, 9.17) is 16.9 Å². The predicted octanol–water partition coefficient (Wildman–Crippen LogP) is 3.90. The zero-order valence-electron chi connectivity index (χ0n) is 10.1. The van der Waals surface area contributed by atoms with E-state index < -0.39 is 0 Å². The lowest BCUT2D eigenvalue weighted by Crippen LogP contribution is -2.00. The molecule has 1 N–H and O–H groups in total. The number of rotatable bonds is 3. The van der Waals surface area contributed by atoms with Gasteiger partial charge in [0.25, 0.3) is 0 Å². The molecule has 0 bridgehead atoms. The number of aromatic nitrogens is 1. The summed E-state index contributed by atoms with van der Waals surface area (Å²) in [4.78, 5) is 5.06. The van der Waals surface area contributed by atoms with E-state index in [1.54, 1.807) is 6.20 Å². The van der Waals surface area contributed by atoms with Gasteiger partial charge >= 0.3 is 0 Å². The summed E-state index contributed by atoms with van der Waals surface area (Å²) in [7, 11) is 0. The van der Waals surface area contributed by atoms with Crippen molar-refractivity contribution in [1.82, 2.24) is 4.98 Å². The number of hydrogen-bond donors (Lipinski definition) is 1. The van der Waals surface area contributed by atoms with Gasteiger partial charge in [-0.1, -0.05) is 17.7 Å². The Kier molecular flexibility index (Phi) is 3.85. The predicted molar refractivity (Wildman–Crippen MR) is 75.1 cm³/mol. The summed E-state index contributed by atoms with van der Waals surface area (Å²) in [5.41, 5.74) is 3.80. The van der Waals surface area contributed by atoms with Gasteiger partial charge in [-0.2, -0.15) is 5.26 Å². The highest BCUT2D eigenvalue weighted by molar-refractivity contribution is 7.15. The molecule has 3 nitrogen and oxygen atoms in total. The van der Waals surface area contributed by atoms with Crippen molar-refractivity contribution >= 4 is 28.6 Å². The molecule has 0 radical (unpaired) electrons. The monoisotopic (exact) mass is 277 g/mol. The van der Waals surface area contributed by atoms with Gasteiger partial charge in [-0.15, -0.1) is 11.3 Å². The summed E-state index contributed by atoms with van der Waals surface area (Å²) >= 11 is 7.23. The van der Waals surface area contributed by atoms with E-state index in [-0.39, 0.29) is 0 Å². The first-order chi connectivity index (χ1) is 8.60. The average Bonchev–Trinajstić information content (AvgIpc) is 2.74. The summed E-state index contributed by atoms with van der Waals surface area (Å²) in [6.45, 7) is 4.63. The average molecular weight is 278 g/mol. The minimum atomic E-state index is 0.546. The van der Waals surface area contributed by atoms with Crippen LogP contribution in [-0.2, 0) is 6.54 Å². The van der Waals surface area contributed by atoms with Crippen LogP contribution in [0.25, 0.3) is 0 Å². The van der Waals surface area contributed by atoms with Crippen molar-refractivity contribution in [3.63, 3.8) is 0 Å². The molecule has 5 heteroatoms. The van der Waals surface area contributed by atoms with E-state index in [0.717, 1.165) is 21.7 Å². The molecule has 92 valence electrons. The zero-order chi connectivity index (χ0) is 13.1. The molecule has 0 fully saturated rings. The number of thiazole rings is 1. The molecule has 2 rings (SSSR count). The lowest BCUT2D eigenvalue weighted by molar-refractivity contribution is 1.16. The molecule has 0 aliphatic carbocycles. The molecule has 0 aliphatic heterocycles. The van der Waals surface area contributed by atoms with Crippen molar-refractivity contribution in [3.8, 4) is 6.07 Å². The van der Waals surface area contributed by atoms with Gasteiger partial charge in [0.15, 0.2) is 4.47 Å². The lowest BCUT2D eigenvalue weighted by atomic mass is 10.0. The Balaban J connectivity index is 2.17. The van der Waals surface area contributed by atoms with Crippen molar-refractivity contribution in [2.45, 2.75) is 20.4 Å². The van der Waals surface area contributed by atoms with Crippen molar-refractivity contribution in [3.05, 3.63) is 44.4 Å². The molecule has 0 spiro atoms. The second kappa shape index (κ2) is 5.38. The number of hydrogen-bond acceptors (Lipinski definition) is 4. The number of nitriles is 1. The van der Waals surface area contributed by atoms with E-state index in [0.29, 0.717) is 16.6 Å². The molecule has 0 atom stereocenters. The van der Waals surface area contributed by atoms with Crippen LogP contribution in [0.3, 0.4) is 0 Å². The van der Waals surface area contributed by atoms with Gasteiger partial charge in [-0.3, -0.25) is 0 Å². The maximum Gasteiger partial charge on any atom is 0.183 e. The van der Waals surface area contributed by atoms with E-state index in [1.807, 2.05) is 26.0 Å². The van der Waals surface area contributed by atoms with E-state index in [1.165, 1.54) is 11.3 Å². The van der Waals surface area contributed by atoms with Crippen LogP contribution in [-0.4, -0.2) is 4.98 Å². The highest BCUT2D eigenvalue weighted by Gasteiger charge is 2.05. The van der Waals surface area contributed by atoms with Gasteiger partial charge in [-0.05, 0) is 31.0 Å². The van der Waals surface area contributed by atoms with Gasteiger partial charge < -0.3 is 5.32 Å². The fourth-order valence-electron chi connectivity index (χ4n) is 1.71. The number of benzene rings is 1. The van der Waals surface area contributed by atoms with E-state index >= 15 is 0 Å². The van der Waals surface area contributed by atoms with Crippen LogP contribution in [0.15, 0.2) is 18.3 Å². The van der Waals surface area contributed by atoms with Crippen LogP contribution in [0.2, 0.25) is 4.47 Å². The highest BCUT2D eigenvalue weighted by Crippen LogP contribution is 2.23. The quantitative estimate of drug-likeness (QED) is 0.926. The van der Waals surface area contributed by atoms with Gasteiger partial charge in [-0.25, -0.2) is 4.98 Å². The molecule has 0 saturated carbocycles. The molecule has 0 aliphatic rings. The topological polar surface area (TPSA) is 48.7 Å². The zero-order valence-corrected chi connectivity index (χ0v) is 11.7. The molecule has 1 aromatic heterocycles.